The highest BCUT2D eigenvalue weighted by Gasteiger charge is 2.22. The number of para-hydroxylation sites is 1. The van der Waals surface area contributed by atoms with Crippen molar-refractivity contribution in [1.29, 1.82) is 0 Å². The number of anilines is 1. The molecule has 2 rings (SSSR count). The van der Waals surface area contributed by atoms with Crippen molar-refractivity contribution in [2.24, 2.45) is 0 Å². The number of halogens is 1. The molecule has 0 radical (unpaired) electrons. The molecule has 26 heavy (non-hydrogen) atoms. The summed E-state index contributed by atoms with van der Waals surface area (Å²) in [6, 6.07) is 11.9. The van der Waals surface area contributed by atoms with Crippen molar-refractivity contribution < 1.29 is 23.1 Å². The summed E-state index contributed by atoms with van der Waals surface area (Å²) in [5.74, 6) is -0.942. The summed E-state index contributed by atoms with van der Waals surface area (Å²) in [6.45, 7) is 3.33. The number of hydrogen-bond acceptors (Lipinski definition) is 5. The molecule has 0 spiro atoms. The van der Waals surface area contributed by atoms with Crippen LogP contribution in [0.1, 0.15) is 12.5 Å². The molecule has 140 valence electrons. The minimum atomic E-state index is -3.71. The predicted molar refractivity (Wildman–Crippen MR) is 101 cm³/mol. The fourth-order valence-corrected chi connectivity index (χ4v) is 3.38. The van der Waals surface area contributed by atoms with Crippen molar-refractivity contribution in [3.05, 3.63) is 54.1 Å². The normalized spacial score (nSPS) is 11.7. The van der Waals surface area contributed by atoms with Gasteiger partial charge in [-0.3, -0.25) is 4.79 Å². The topological polar surface area (TPSA) is 101 Å². The maximum absolute atomic E-state index is 12.7. The van der Waals surface area contributed by atoms with E-state index in [1.165, 1.54) is 13.0 Å². The molecule has 0 aromatic heterocycles. The Hall–Kier alpha value is -2.38. The Morgan fingerprint density at radius 2 is 1.73 bits per heavy atom. The van der Waals surface area contributed by atoms with Gasteiger partial charge in [0.2, 0.25) is 9.84 Å². The van der Waals surface area contributed by atoms with E-state index in [0.29, 0.717) is 6.29 Å². The second-order valence-electron chi connectivity index (χ2n) is 5.34. The van der Waals surface area contributed by atoms with Crippen LogP contribution < -0.4 is 5.32 Å². The molecule has 2 aromatic rings. The maximum Gasteiger partial charge on any atom is 0.325 e. The highest BCUT2D eigenvalue weighted by Crippen LogP contribution is 2.28. The first-order valence-electron chi connectivity index (χ1n) is 7.63. The first kappa shape index (κ1) is 21.7. The number of aldehydes is 1. The Morgan fingerprint density at radius 3 is 2.23 bits per heavy atom. The quantitative estimate of drug-likeness (QED) is 0.573. The molecule has 0 saturated heterocycles. The van der Waals surface area contributed by atoms with Gasteiger partial charge in [-0.05, 0) is 38.1 Å². The smallest absolute Gasteiger partial charge is 0.325 e. The molecule has 0 aliphatic rings. The fraction of sp³-hybridized carbons (Fsp3) is 0.222. The van der Waals surface area contributed by atoms with Crippen LogP contribution in [0.2, 0.25) is 0 Å². The Morgan fingerprint density at radius 1 is 1.19 bits per heavy atom. The lowest BCUT2D eigenvalue weighted by molar-refractivity contribution is -0.137. The number of carboxylic acids is 1. The first-order valence-corrected chi connectivity index (χ1v) is 9.65. The molecule has 1 atom stereocenters. The zero-order valence-corrected chi connectivity index (χ0v) is 15.9. The molecule has 8 heteroatoms. The van der Waals surface area contributed by atoms with Crippen molar-refractivity contribution >= 4 is 39.4 Å². The molecule has 1 unspecified atom stereocenters. The third-order valence-corrected chi connectivity index (χ3v) is 5.27. The number of aliphatic carboxylic acids is 1. The van der Waals surface area contributed by atoms with E-state index in [0.717, 1.165) is 5.56 Å². The molecule has 6 nitrogen and oxygen atoms in total. The summed E-state index contributed by atoms with van der Waals surface area (Å²) in [7, 11) is -3.71. The Kier molecular flexibility index (Phi) is 8.28. The zero-order chi connectivity index (χ0) is 19.7. The van der Waals surface area contributed by atoms with Crippen LogP contribution in [0.3, 0.4) is 0 Å². The Balaban J connectivity index is 0.000000765. The van der Waals surface area contributed by atoms with Crippen LogP contribution in [0.15, 0.2) is 58.3 Å². The molecule has 0 amide bonds. The molecule has 2 N–H and O–H groups in total. The number of aryl methyl sites for hydroxylation is 1. The van der Waals surface area contributed by atoms with Crippen molar-refractivity contribution in [2.75, 3.05) is 11.2 Å². The third-order valence-electron chi connectivity index (χ3n) is 3.31. The van der Waals surface area contributed by atoms with Gasteiger partial charge < -0.3 is 15.2 Å². The molecule has 2 aromatic carbocycles. The second kappa shape index (κ2) is 9.94. The monoisotopic (exact) mass is 397 g/mol. The molecule has 0 saturated carbocycles. The minimum absolute atomic E-state index is 0.0620. The van der Waals surface area contributed by atoms with Gasteiger partial charge in [-0.25, -0.2) is 8.42 Å². The van der Waals surface area contributed by atoms with Gasteiger partial charge in [0.1, 0.15) is 12.3 Å². The number of carboxylic acid groups (broad SMARTS) is 1. The number of carbonyl (C=O) groups is 2. The number of sulfone groups is 1. The average molecular weight is 398 g/mol. The highest BCUT2D eigenvalue weighted by atomic mass is 35.5. The lowest BCUT2D eigenvalue weighted by Crippen LogP contribution is -2.26. The fourth-order valence-electron chi connectivity index (χ4n) is 1.96. The van der Waals surface area contributed by atoms with Gasteiger partial charge in [-0.1, -0.05) is 29.8 Å². The summed E-state index contributed by atoms with van der Waals surface area (Å²) < 4.78 is 25.5. The molecule has 0 bridgehead atoms. The van der Waals surface area contributed by atoms with Crippen LogP contribution in [-0.4, -0.2) is 37.7 Å². The minimum Gasteiger partial charge on any atom is -0.480 e. The van der Waals surface area contributed by atoms with Crippen LogP contribution in [-0.2, 0) is 19.4 Å². The lowest BCUT2D eigenvalue weighted by Gasteiger charge is -2.15. The van der Waals surface area contributed by atoms with Crippen LogP contribution in [0.25, 0.3) is 0 Å². The van der Waals surface area contributed by atoms with Crippen LogP contribution in [0, 0.1) is 6.92 Å². The van der Waals surface area contributed by atoms with Gasteiger partial charge in [0.05, 0.1) is 21.4 Å². The highest BCUT2D eigenvalue weighted by molar-refractivity contribution is 7.91. The van der Waals surface area contributed by atoms with E-state index in [1.54, 1.807) is 42.5 Å². The zero-order valence-electron chi connectivity index (χ0n) is 14.3. The Labute approximate surface area is 157 Å². The van der Waals surface area contributed by atoms with E-state index in [1.807, 2.05) is 6.92 Å². The number of rotatable bonds is 6. The lowest BCUT2D eigenvalue weighted by atomic mass is 10.2. The maximum atomic E-state index is 12.7. The Bertz CT molecular complexity index is 850. The second-order valence-corrected chi connectivity index (χ2v) is 7.56. The largest absolute Gasteiger partial charge is 0.480 e. The number of nitrogens with one attached hydrogen (secondary N) is 1. The number of carbonyl (C=O) groups excluding carboxylic acids is 1. The predicted octanol–water partition coefficient (Wildman–Crippen LogP) is 3.14. The summed E-state index contributed by atoms with van der Waals surface area (Å²) in [5.41, 5.74) is 1.24. The summed E-state index contributed by atoms with van der Waals surface area (Å²) in [6.07, 6.45) is 0.640. The SMILES string of the molecule is Cc1ccc(S(=O)(=O)c2ccccc2NC(C)C(=O)O)cc1.O=CCCl. The summed E-state index contributed by atoms with van der Waals surface area (Å²) in [4.78, 5) is 20.2. The molecule has 0 aliphatic carbocycles. The summed E-state index contributed by atoms with van der Waals surface area (Å²) >= 11 is 4.82. The van der Waals surface area contributed by atoms with Gasteiger partial charge in [-0.2, -0.15) is 0 Å². The van der Waals surface area contributed by atoms with E-state index in [2.05, 4.69) is 5.32 Å². The van der Waals surface area contributed by atoms with Crippen LogP contribution >= 0.6 is 11.6 Å². The van der Waals surface area contributed by atoms with Gasteiger partial charge in [0, 0.05) is 0 Å². The summed E-state index contributed by atoms with van der Waals surface area (Å²) in [5, 5.41) is 11.7. The third kappa shape index (κ3) is 5.86. The van der Waals surface area contributed by atoms with Crippen molar-refractivity contribution in [3.63, 3.8) is 0 Å². The van der Waals surface area contributed by atoms with E-state index in [9.17, 15) is 13.2 Å². The van der Waals surface area contributed by atoms with Gasteiger partial charge in [0.15, 0.2) is 0 Å². The van der Waals surface area contributed by atoms with Crippen LogP contribution in [0.4, 0.5) is 5.69 Å². The average Bonchev–Trinajstić information content (AvgIpc) is 2.62. The van der Waals surface area contributed by atoms with Gasteiger partial charge >= 0.3 is 5.97 Å². The first-order chi connectivity index (χ1) is 12.2. The molecule has 0 aliphatic heterocycles. The van der Waals surface area contributed by atoms with E-state index in [-0.39, 0.29) is 21.4 Å². The van der Waals surface area contributed by atoms with Gasteiger partial charge in [0.25, 0.3) is 0 Å². The van der Waals surface area contributed by atoms with E-state index >= 15 is 0 Å². The molecule has 0 heterocycles. The van der Waals surface area contributed by atoms with Crippen molar-refractivity contribution in [1.82, 2.24) is 0 Å². The van der Waals surface area contributed by atoms with E-state index in [4.69, 9.17) is 21.5 Å². The van der Waals surface area contributed by atoms with E-state index < -0.39 is 21.8 Å². The van der Waals surface area contributed by atoms with Crippen molar-refractivity contribution in [3.8, 4) is 0 Å². The van der Waals surface area contributed by atoms with Crippen molar-refractivity contribution in [2.45, 2.75) is 29.7 Å². The van der Waals surface area contributed by atoms with Crippen LogP contribution in [0.5, 0.6) is 0 Å². The van der Waals surface area contributed by atoms with Gasteiger partial charge in [-0.15, -0.1) is 11.6 Å². The standard InChI is InChI=1S/C16H17NO4S.C2H3ClO/c1-11-7-9-13(10-8-11)22(20,21)15-6-4-3-5-14(15)17-12(2)16(18)19;3-1-2-4/h3-10,12,17H,1-2H3,(H,18,19);2H,1H2. The molecular formula is C18H20ClNO5S. The molecule has 0 fully saturated rings. The number of benzene rings is 2. The number of alkyl halides is 1. The molecular weight excluding hydrogens is 378 g/mol. The number of hydrogen-bond donors (Lipinski definition) is 2.